The molecule has 12 heteroatoms. The summed E-state index contributed by atoms with van der Waals surface area (Å²) in [6.07, 6.45) is 0.0702. The summed E-state index contributed by atoms with van der Waals surface area (Å²) in [7, 11) is 0. The summed E-state index contributed by atoms with van der Waals surface area (Å²) in [5.74, 6) is -0.470. The number of urea groups is 1. The Kier molecular flexibility index (Phi) is 5.85. The molecule has 0 unspecified atom stereocenters. The van der Waals surface area contributed by atoms with Crippen LogP contribution in [0.5, 0.6) is 0 Å². The second-order valence-electron chi connectivity index (χ2n) is 7.09. The third kappa shape index (κ3) is 4.90. The summed E-state index contributed by atoms with van der Waals surface area (Å²) in [5, 5.41) is 10.9. The van der Waals surface area contributed by atoms with Crippen LogP contribution in [0.1, 0.15) is 19.4 Å². The monoisotopic (exact) mass is 454 g/mol. The van der Waals surface area contributed by atoms with Crippen molar-refractivity contribution in [1.29, 1.82) is 0 Å². The zero-order chi connectivity index (χ0) is 23.0. The molecule has 3 rings (SSSR count). The van der Waals surface area contributed by atoms with Gasteiger partial charge in [0.15, 0.2) is 0 Å². The van der Waals surface area contributed by atoms with Gasteiger partial charge in [-0.05, 0) is 67.6 Å². The minimum Gasteiger partial charge on any atom is -0.465 e. The molecule has 2 N–H and O–H groups in total. The van der Waals surface area contributed by atoms with Crippen LogP contribution in [-0.2, 0) is 11.3 Å². The van der Waals surface area contributed by atoms with Crippen LogP contribution in [0.2, 0.25) is 0 Å². The smallest absolute Gasteiger partial charge is 0.446 e. The number of alkyl halides is 3. The van der Waals surface area contributed by atoms with Gasteiger partial charge in [-0.1, -0.05) is 0 Å². The summed E-state index contributed by atoms with van der Waals surface area (Å²) in [4.78, 5) is 42.8. The molecule has 0 radical (unpaired) electrons. The normalized spacial score (nSPS) is 16.0. The number of nitrogens with zero attached hydrogens (tertiary/aromatic N) is 3. The lowest BCUT2D eigenvalue weighted by atomic mass is 10.0. The van der Waals surface area contributed by atoms with Crippen molar-refractivity contribution < 1.29 is 32.7 Å². The predicted molar refractivity (Wildman–Crippen MR) is 107 cm³/mol. The van der Waals surface area contributed by atoms with E-state index >= 15 is 0 Å². The van der Waals surface area contributed by atoms with E-state index in [1.54, 1.807) is 19.9 Å². The number of aromatic nitrogens is 1. The lowest BCUT2D eigenvalue weighted by Crippen LogP contribution is -2.43. The Morgan fingerprint density at radius 1 is 1.19 bits per heavy atom. The topological polar surface area (TPSA) is 103 Å². The molecular formula is C19H17F3N4O4S. The summed E-state index contributed by atoms with van der Waals surface area (Å²) in [6.45, 7) is 3.10. The van der Waals surface area contributed by atoms with Gasteiger partial charge in [-0.3, -0.25) is 10.1 Å². The number of anilines is 2. The number of carbonyl (C=O) groups excluding carboxylic acids is 2. The fraction of sp³-hybridized carbons (Fsp3) is 0.263. The first-order chi connectivity index (χ1) is 14.4. The first-order valence-electron chi connectivity index (χ1n) is 8.85. The van der Waals surface area contributed by atoms with Crippen molar-refractivity contribution in [1.82, 2.24) is 9.88 Å². The van der Waals surface area contributed by atoms with Crippen molar-refractivity contribution in [2.75, 3.05) is 10.2 Å². The fourth-order valence-corrected chi connectivity index (χ4v) is 3.60. The molecular weight excluding hydrogens is 437 g/mol. The number of rotatable bonds is 5. The summed E-state index contributed by atoms with van der Waals surface area (Å²) in [5.41, 5.74) is -5.00. The van der Waals surface area contributed by atoms with Crippen molar-refractivity contribution in [3.8, 4) is 0 Å². The predicted octanol–water partition coefficient (Wildman–Crippen LogP) is 4.53. The first-order valence-corrected chi connectivity index (χ1v) is 9.67. The molecule has 1 aromatic heterocycles. The fourth-order valence-electron chi connectivity index (χ4n) is 3.06. The number of imide groups is 1. The van der Waals surface area contributed by atoms with Gasteiger partial charge in [-0.2, -0.15) is 13.2 Å². The minimum absolute atomic E-state index is 0.00704. The standard InChI is InChI=1S/C19H17F3N4O4S/c1-18(2)15(27)26(12-3-5-13(6-4-12)31-19(20,21)22)17(30)25(18)10-11-7-8-23-14(9-11)24-16(28)29/h3-9H,10H2,1-2H3,(H,23,24)(H,28,29). The molecule has 1 aromatic carbocycles. The van der Waals surface area contributed by atoms with Crippen LogP contribution in [0.25, 0.3) is 0 Å². The number of benzene rings is 1. The maximum atomic E-state index is 13.0. The van der Waals surface area contributed by atoms with E-state index in [2.05, 4.69) is 10.3 Å². The van der Waals surface area contributed by atoms with Crippen molar-refractivity contribution in [2.45, 2.75) is 36.3 Å². The van der Waals surface area contributed by atoms with Gasteiger partial charge in [0.05, 0.1) is 5.69 Å². The van der Waals surface area contributed by atoms with E-state index in [9.17, 15) is 27.6 Å². The molecule has 4 amide bonds. The minimum atomic E-state index is -4.45. The zero-order valence-corrected chi connectivity index (χ0v) is 17.1. The van der Waals surface area contributed by atoms with E-state index in [4.69, 9.17) is 5.11 Å². The SMILES string of the molecule is CC1(C)C(=O)N(c2ccc(SC(F)(F)F)cc2)C(=O)N1Cc1ccnc(NC(=O)O)c1. The lowest BCUT2D eigenvalue weighted by Gasteiger charge is -2.27. The Bertz CT molecular complexity index is 1030. The molecule has 1 fully saturated rings. The highest BCUT2D eigenvalue weighted by Gasteiger charge is 2.51. The molecule has 1 saturated heterocycles. The molecule has 2 aromatic rings. The summed E-state index contributed by atoms with van der Waals surface area (Å²) < 4.78 is 37.6. The Morgan fingerprint density at radius 3 is 2.42 bits per heavy atom. The van der Waals surface area contributed by atoms with Crippen LogP contribution in [0, 0.1) is 0 Å². The van der Waals surface area contributed by atoms with Gasteiger partial charge in [0.1, 0.15) is 11.4 Å². The van der Waals surface area contributed by atoms with Crippen molar-refractivity contribution >= 4 is 41.3 Å². The number of carbonyl (C=O) groups is 3. The Labute approximate surface area is 179 Å². The Morgan fingerprint density at radius 2 is 1.84 bits per heavy atom. The van der Waals surface area contributed by atoms with Gasteiger partial charge in [-0.25, -0.2) is 19.5 Å². The van der Waals surface area contributed by atoms with Crippen LogP contribution < -0.4 is 10.2 Å². The van der Waals surface area contributed by atoms with Crippen LogP contribution >= 0.6 is 11.8 Å². The molecule has 0 saturated carbocycles. The third-order valence-electron chi connectivity index (χ3n) is 4.55. The third-order valence-corrected chi connectivity index (χ3v) is 5.29. The molecule has 0 spiro atoms. The van der Waals surface area contributed by atoms with Gasteiger partial charge in [0.25, 0.3) is 5.91 Å². The lowest BCUT2D eigenvalue weighted by molar-refractivity contribution is -0.123. The van der Waals surface area contributed by atoms with Gasteiger partial charge < -0.3 is 10.0 Å². The Balaban J connectivity index is 1.84. The number of amides is 4. The number of halogens is 3. The molecule has 8 nitrogen and oxygen atoms in total. The molecule has 1 aliphatic heterocycles. The van der Waals surface area contributed by atoms with Crippen LogP contribution in [0.15, 0.2) is 47.5 Å². The second kappa shape index (κ2) is 8.10. The van der Waals surface area contributed by atoms with Gasteiger partial charge in [-0.15, -0.1) is 0 Å². The van der Waals surface area contributed by atoms with Gasteiger partial charge in [0, 0.05) is 17.6 Å². The Hall–Kier alpha value is -3.28. The highest BCUT2D eigenvalue weighted by atomic mass is 32.2. The number of thioether (sulfide) groups is 1. The van der Waals surface area contributed by atoms with Crippen molar-refractivity contribution in [3.05, 3.63) is 48.2 Å². The van der Waals surface area contributed by atoms with Crippen molar-refractivity contribution in [3.63, 3.8) is 0 Å². The highest BCUT2D eigenvalue weighted by Crippen LogP contribution is 2.38. The largest absolute Gasteiger partial charge is 0.465 e. The zero-order valence-electron chi connectivity index (χ0n) is 16.3. The van der Waals surface area contributed by atoms with E-state index in [0.717, 1.165) is 4.90 Å². The molecule has 164 valence electrons. The highest BCUT2D eigenvalue weighted by molar-refractivity contribution is 8.00. The number of hydrogen-bond donors (Lipinski definition) is 2. The van der Waals surface area contributed by atoms with E-state index < -0.39 is 29.1 Å². The number of nitrogens with one attached hydrogen (secondary N) is 1. The van der Waals surface area contributed by atoms with Crippen molar-refractivity contribution in [2.24, 2.45) is 0 Å². The average molecular weight is 454 g/mol. The van der Waals surface area contributed by atoms with E-state index in [1.807, 2.05) is 0 Å². The van der Waals surface area contributed by atoms with E-state index in [1.165, 1.54) is 41.4 Å². The quantitative estimate of drug-likeness (QED) is 0.508. The molecule has 0 bridgehead atoms. The molecule has 0 atom stereocenters. The average Bonchev–Trinajstić information content (AvgIpc) is 2.81. The first kappa shape index (κ1) is 22.4. The molecule has 1 aliphatic rings. The molecule has 0 aliphatic carbocycles. The van der Waals surface area contributed by atoms with E-state index in [0.29, 0.717) is 5.56 Å². The van der Waals surface area contributed by atoms with Gasteiger partial charge >= 0.3 is 17.6 Å². The number of pyridine rings is 1. The maximum absolute atomic E-state index is 13.0. The molecule has 31 heavy (non-hydrogen) atoms. The molecule has 2 heterocycles. The van der Waals surface area contributed by atoms with Crippen LogP contribution in [0.4, 0.5) is 34.3 Å². The van der Waals surface area contributed by atoms with Gasteiger partial charge in [0.2, 0.25) is 0 Å². The second-order valence-corrected chi connectivity index (χ2v) is 8.23. The van der Waals surface area contributed by atoms with Crippen LogP contribution in [-0.4, -0.2) is 44.1 Å². The number of hydrogen-bond acceptors (Lipinski definition) is 5. The van der Waals surface area contributed by atoms with E-state index in [-0.39, 0.29) is 34.7 Å². The summed E-state index contributed by atoms with van der Waals surface area (Å²) >= 11 is -0.291. The maximum Gasteiger partial charge on any atom is 0.446 e. The van der Waals surface area contributed by atoms with Crippen LogP contribution in [0.3, 0.4) is 0 Å². The number of carboxylic acid groups (broad SMARTS) is 1. The summed E-state index contributed by atoms with van der Waals surface area (Å²) in [6, 6.07) is 7.32.